The zero-order valence-corrected chi connectivity index (χ0v) is 29.2. The first-order valence-electron chi connectivity index (χ1n) is 16.4. The minimum absolute atomic E-state index is 0.0400. The number of carbonyl (C=O) groups excluding carboxylic acids is 3. The summed E-state index contributed by atoms with van der Waals surface area (Å²) in [5, 5.41) is 6.00. The van der Waals surface area contributed by atoms with E-state index in [0.717, 1.165) is 29.8 Å². The summed E-state index contributed by atoms with van der Waals surface area (Å²) < 4.78 is 11.9. The maximum atomic E-state index is 13.9. The minimum atomic E-state index is -0.502. The van der Waals surface area contributed by atoms with Gasteiger partial charge in [-0.05, 0) is 36.7 Å². The molecule has 9 nitrogen and oxygen atoms in total. The number of thiazole rings is 1. The van der Waals surface area contributed by atoms with Crippen LogP contribution in [0.15, 0.2) is 41.9 Å². The van der Waals surface area contributed by atoms with Crippen molar-refractivity contribution in [2.24, 2.45) is 17.8 Å². The summed E-state index contributed by atoms with van der Waals surface area (Å²) in [6, 6.07) is 9.32. The first-order valence-corrected chi connectivity index (χ1v) is 17.2. The van der Waals surface area contributed by atoms with Gasteiger partial charge < -0.3 is 24.6 Å². The molecule has 250 valence electrons. The zero-order valence-electron chi connectivity index (χ0n) is 28.4. The first kappa shape index (κ1) is 36.6. The van der Waals surface area contributed by atoms with Gasteiger partial charge in [0, 0.05) is 45.8 Å². The van der Waals surface area contributed by atoms with Crippen LogP contribution in [-0.4, -0.2) is 84.6 Å². The molecule has 1 aliphatic rings. The van der Waals surface area contributed by atoms with E-state index < -0.39 is 18.1 Å². The van der Waals surface area contributed by atoms with Crippen molar-refractivity contribution in [2.75, 3.05) is 27.8 Å². The van der Waals surface area contributed by atoms with Crippen LogP contribution in [0.25, 0.3) is 0 Å². The quantitative estimate of drug-likeness (QED) is 0.244. The maximum absolute atomic E-state index is 13.9. The Morgan fingerprint density at radius 3 is 2.38 bits per heavy atom. The Labute approximate surface area is 274 Å². The Morgan fingerprint density at radius 1 is 1.09 bits per heavy atom. The van der Waals surface area contributed by atoms with Crippen molar-refractivity contribution in [1.29, 1.82) is 0 Å². The van der Waals surface area contributed by atoms with E-state index in [1.54, 1.807) is 25.3 Å². The third-order valence-electron chi connectivity index (χ3n) is 9.24. The highest BCUT2D eigenvalue weighted by atomic mass is 32.1. The third-order valence-corrected chi connectivity index (χ3v) is 10.1. The Hall–Kier alpha value is -2.82. The number of ether oxygens (including phenoxy) is 2. The fourth-order valence-electron chi connectivity index (χ4n) is 6.58. The van der Waals surface area contributed by atoms with E-state index in [1.165, 1.54) is 11.3 Å². The smallest absolute Gasteiger partial charge is 0.226 e. The number of amides is 3. The zero-order chi connectivity index (χ0) is 33.1. The fourth-order valence-corrected chi connectivity index (χ4v) is 7.27. The predicted octanol–water partition coefficient (Wildman–Crippen LogP) is 5.51. The Kier molecular flexibility index (Phi) is 14.5. The summed E-state index contributed by atoms with van der Waals surface area (Å²) in [5.41, 5.74) is 1.11. The average Bonchev–Trinajstić information content (AvgIpc) is 3.74. The van der Waals surface area contributed by atoms with E-state index in [2.05, 4.69) is 24.1 Å². The number of rotatable bonds is 17. The van der Waals surface area contributed by atoms with Crippen molar-refractivity contribution in [1.82, 2.24) is 20.1 Å². The molecule has 1 aliphatic heterocycles. The molecule has 0 radical (unpaired) electrons. The highest BCUT2D eigenvalue weighted by molar-refractivity contribution is 7.09. The number of methoxy groups -OCH3 is 2. The highest BCUT2D eigenvalue weighted by Crippen LogP contribution is 2.30. The van der Waals surface area contributed by atoms with E-state index >= 15 is 0 Å². The molecule has 1 saturated heterocycles. The molecule has 0 saturated carbocycles. The molecule has 7 atom stereocenters. The normalized spacial score (nSPS) is 19.0. The lowest BCUT2D eigenvalue weighted by Gasteiger charge is -2.39. The van der Waals surface area contributed by atoms with Gasteiger partial charge in [0.05, 0.1) is 42.7 Å². The number of benzene rings is 1. The standard InChI is InChI=1S/C35H54N4O5S/c1-9-24(4)32(38(6)30(40)20-23(2)3)29(43-7)22-31(41)39-18-13-16-28(39)33(44-8)25(5)34(42)37-27(35-36-17-19-45-35)21-26-14-11-10-12-15-26/h10-12,14-15,17,19,23-25,27-29,32-33H,9,13,16,18,20-22H2,1-8H3,(H,37,42)/t24?,25?,27?,28-,29?,32?,33?/m0/s1. The number of aromatic nitrogens is 1. The van der Waals surface area contributed by atoms with E-state index in [9.17, 15) is 14.4 Å². The van der Waals surface area contributed by atoms with Crippen LogP contribution in [0.5, 0.6) is 0 Å². The van der Waals surface area contributed by atoms with Crippen molar-refractivity contribution in [3.05, 3.63) is 52.5 Å². The topological polar surface area (TPSA) is 101 Å². The van der Waals surface area contributed by atoms with Crippen LogP contribution in [0.1, 0.15) is 83.3 Å². The van der Waals surface area contributed by atoms with Gasteiger partial charge in [0.15, 0.2) is 0 Å². The second-order valence-electron chi connectivity index (χ2n) is 12.9. The van der Waals surface area contributed by atoms with Crippen LogP contribution in [0, 0.1) is 17.8 Å². The summed E-state index contributed by atoms with van der Waals surface area (Å²) in [6.07, 6.45) is 4.50. The Balaban J connectivity index is 1.74. The van der Waals surface area contributed by atoms with Gasteiger partial charge in [-0.15, -0.1) is 11.3 Å². The van der Waals surface area contributed by atoms with Crippen molar-refractivity contribution in [2.45, 2.75) is 103 Å². The second-order valence-corrected chi connectivity index (χ2v) is 13.8. The Bertz CT molecular complexity index is 1190. The molecule has 0 bridgehead atoms. The molecule has 2 aromatic rings. The molecular formula is C35H54N4O5S. The summed E-state index contributed by atoms with van der Waals surface area (Å²) in [5.74, 6) is -0.221. The minimum Gasteiger partial charge on any atom is -0.379 e. The lowest BCUT2D eigenvalue weighted by atomic mass is 9.90. The monoisotopic (exact) mass is 642 g/mol. The van der Waals surface area contributed by atoms with Crippen LogP contribution >= 0.6 is 11.3 Å². The van der Waals surface area contributed by atoms with Crippen molar-refractivity contribution in [3.8, 4) is 0 Å². The maximum Gasteiger partial charge on any atom is 0.226 e. The number of likely N-dealkylation sites (tertiary alicyclic amines) is 1. The molecule has 1 N–H and O–H groups in total. The van der Waals surface area contributed by atoms with Gasteiger partial charge in [-0.1, -0.05) is 71.4 Å². The van der Waals surface area contributed by atoms with E-state index in [-0.39, 0.29) is 54.1 Å². The Morgan fingerprint density at radius 2 is 1.80 bits per heavy atom. The lowest BCUT2D eigenvalue weighted by molar-refractivity contribution is -0.146. The fraction of sp³-hybridized carbons (Fsp3) is 0.657. The lowest BCUT2D eigenvalue weighted by Crippen LogP contribution is -2.53. The molecule has 2 heterocycles. The average molecular weight is 643 g/mol. The van der Waals surface area contributed by atoms with Crippen molar-refractivity contribution < 1.29 is 23.9 Å². The molecule has 10 heteroatoms. The van der Waals surface area contributed by atoms with Crippen molar-refractivity contribution >= 4 is 29.1 Å². The number of likely N-dealkylation sites (N-methyl/N-ethyl adjacent to an activating group) is 1. The molecule has 1 fully saturated rings. The SMILES string of the molecule is CCC(C)C(C(CC(=O)N1CCC[C@H]1C(OC)C(C)C(=O)NC(Cc1ccccc1)c1nccs1)OC)N(C)C(=O)CC(C)C. The molecule has 0 aliphatic carbocycles. The summed E-state index contributed by atoms with van der Waals surface area (Å²) >= 11 is 1.52. The highest BCUT2D eigenvalue weighted by Gasteiger charge is 2.42. The molecule has 3 rings (SSSR count). The van der Waals surface area contributed by atoms with Crippen LogP contribution in [-0.2, 0) is 30.3 Å². The van der Waals surface area contributed by atoms with Crippen LogP contribution in [0.2, 0.25) is 0 Å². The summed E-state index contributed by atoms with van der Waals surface area (Å²) in [7, 11) is 5.06. The molecule has 1 aromatic carbocycles. The van der Waals surface area contributed by atoms with Crippen molar-refractivity contribution in [3.63, 3.8) is 0 Å². The predicted molar refractivity (Wildman–Crippen MR) is 179 cm³/mol. The summed E-state index contributed by atoms with van der Waals surface area (Å²) in [4.78, 5) is 48.9. The molecule has 0 spiro atoms. The van der Waals surface area contributed by atoms with E-state index in [4.69, 9.17) is 9.47 Å². The van der Waals surface area contributed by atoms with Gasteiger partial charge in [-0.3, -0.25) is 14.4 Å². The van der Waals surface area contributed by atoms with Gasteiger partial charge in [0.25, 0.3) is 0 Å². The van der Waals surface area contributed by atoms with E-state index in [0.29, 0.717) is 19.4 Å². The van der Waals surface area contributed by atoms with Crippen LogP contribution in [0.4, 0.5) is 0 Å². The number of carbonyl (C=O) groups is 3. The third kappa shape index (κ3) is 9.83. The molecule has 1 aromatic heterocycles. The summed E-state index contributed by atoms with van der Waals surface area (Å²) in [6.45, 7) is 10.7. The van der Waals surface area contributed by atoms with Gasteiger partial charge in [0.2, 0.25) is 17.7 Å². The largest absolute Gasteiger partial charge is 0.379 e. The van der Waals surface area contributed by atoms with Gasteiger partial charge in [-0.25, -0.2) is 4.98 Å². The second kappa shape index (κ2) is 17.8. The molecule has 6 unspecified atom stereocenters. The first-order chi connectivity index (χ1) is 21.5. The van der Waals surface area contributed by atoms with Crippen LogP contribution < -0.4 is 5.32 Å². The van der Waals surface area contributed by atoms with Gasteiger partial charge >= 0.3 is 0 Å². The number of nitrogens with one attached hydrogen (secondary N) is 1. The van der Waals surface area contributed by atoms with Gasteiger partial charge in [0.1, 0.15) is 5.01 Å². The number of hydrogen-bond donors (Lipinski definition) is 1. The number of nitrogens with zero attached hydrogens (tertiary/aromatic N) is 3. The van der Waals surface area contributed by atoms with E-state index in [1.807, 2.05) is 68.4 Å². The molecular weight excluding hydrogens is 588 g/mol. The molecule has 45 heavy (non-hydrogen) atoms. The molecule has 3 amide bonds. The van der Waals surface area contributed by atoms with Crippen LogP contribution in [0.3, 0.4) is 0 Å². The van der Waals surface area contributed by atoms with Gasteiger partial charge in [-0.2, -0.15) is 0 Å². The number of hydrogen-bond acceptors (Lipinski definition) is 7.